The largest absolute Gasteiger partial charge is 0.484 e. The van der Waals surface area contributed by atoms with Crippen LogP contribution >= 0.6 is 0 Å². The third-order valence-electron chi connectivity index (χ3n) is 4.47. The van der Waals surface area contributed by atoms with Crippen molar-refractivity contribution in [1.29, 1.82) is 0 Å². The molecule has 0 saturated carbocycles. The van der Waals surface area contributed by atoms with E-state index in [2.05, 4.69) is 12.2 Å². The van der Waals surface area contributed by atoms with Crippen molar-refractivity contribution in [2.75, 3.05) is 17.2 Å². The monoisotopic (exact) mass is 418 g/mol. The fourth-order valence-corrected chi connectivity index (χ4v) is 3.83. The summed E-state index contributed by atoms with van der Waals surface area (Å²) in [5, 5.41) is 2.88. The first-order valence-electron chi connectivity index (χ1n) is 9.74. The molecule has 0 radical (unpaired) electrons. The molecule has 0 bridgehead atoms. The highest BCUT2D eigenvalue weighted by molar-refractivity contribution is 7.92. The fourth-order valence-electron chi connectivity index (χ4n) is 2.94. The van der Waals surface area contributed by atoms with Gasteiger partial charge >= 0.3 is 0 Å². The SMILES string of the molecule is CCCC(C)NC(=O)COc1ccc(N(Cc2ccc(C)cc2)S(C)(=O)=O)cc1. The molecule has 29 heavy (non-hydrogen) atoms. The van der Waals surface area contributed by atoms with Crippen molar-refractivity contribution in [2.45, 2.75) is 46.2 Å². The summed E-state index contributed by atoms with van der Waals surface area (Å²) in [7, 11) is -3.46. The van der Waals surface area contributed by atoms with Crippen molar-refractivity contribution in [3.8, 4) is 5.75 Å². The number of benzene rings is 2. The molecule has 0 aliphatic carbocycles. The Bertz CT molecular complexity index is 893. The normalized spacial score (nSPS) is 12.3. The van der Waals surface area contributed by atoms with Gasteiger partial charge in [-0.3, -0.25) is 9.10 Å². The molecule has 2 aromatic carbocycles. The number of ether oxygens (including phenoxy) is 1. The molecule has 0 aromatic heterocycles. The molecule has 0 aliphatic heterocycles. The van der Waals surface area contributed by atoms with Gasteiger partial charge in [0.25, 0.3) is 5.91 Å². The van der Waals surface area contributed by atoms with Gasteiger partial charge in [-0.25, -0.2) is 8.42 Å². The Labute approximate surface area is 173 Å². The maximum absolute atomic E-state index is 12.3. The lowest BCUT2D eigenvalue weighted by Crippen LogP contribution is -2.35. The Balaban J connectivity index is 2.03. The Morgan fingerprint density at radius 2 is 1.72 bits per heavy atom. The molecule has 7 heteroatoms. The molecule has 0 saturated heterocycles. The van der Waals surface area contributed by atoms with Crippen molar-refractivity contribution in [3.05, 3.63) is 59.7 Å². The first-order chi connectivity index (χ1) is 13.7. The van der Waals surface area contributed by atoms with Crippen LogP contribution in [0.2, 0.25) is 0 Å². The maximum Gasteiger partial charge on any atom is 0.258 e. The van der Waals surface area contributed by atoms with Crippen molar-refractivity contribution in [3.63, 3.8) is 0 Å². The Morgan fingerprint density at radius 3 is 2.28 bits per heavy atom. The first-order valence-corrected chi connectivity index (χ1v) is 11.6. The van der Waals surface area contributed by atoms with Gasteiger partial charge in [-0.15, -0.1) is 0 Å². The molecule has 0 heterocycles. The second kappa shape index (κ2) is 10.3. The molecule has 158 valence electrons. The Kier molecular flexibility index (Phi) is 8.08. The predicted octanol–water partition coefficient (Wildman–Crippen LogP) is 3.64. The number of hydrogen-bond donors (Lipinski definition) is 1. The average molecular weight is 419 g/mol. The van der Waals surface area contributed by atoms with Crippen molar-refractivity contribution in [2.24, 2.45) is 0 Å². The molecule has 1 N–H and O–H groups in total. The van der Waals surface area contributed by atoms with Crippen LogP contribution in [0.25, 0.3) is 0 Å². The topological polar surface area (TPSA) is 75.7 Å². The minimum absolute atomic E-state index is 0.0768. The van der Waals surface area contributed by atoms with Crippen molar-refractivity contribution in [1.82, 2.24) is 5.32 Å². The van der Waals surface area contributed by atoms with Crippen LogP contribution in [0.5, 0.6) is 5.75 Å². The van der Waals surface area contributed by atoms with Gasteiger partial charge in [0, 0.05) is 6.04 Å². The zero-order chi connectivity index (χ0) is 21.4. The first kappa shape index (κ1) is 22.7. The molecule has 2 rings (SSSR count). The molecule has 0 aliphatic rings. The predicted molar refractivity (Wildman–Crippen MR) is 117 cm³/mol. The zero-order valence-corrected chi connectivity index (χ0v) is 18.3. The number of carbonyl (C=O) groups excluding carboxylic acids is 1. The van der Waals surface area contributed by atoms with Crippen molar-refractivity contribution < 1.29 is 17.9 Å². The summed E-state index contributed by atoms with van der Waals surface area (Å²) in [6, 6.07) is 14.6. The number of anilines is 1. The van der Waals surface area contributed by atoms with Gasteiger partial charge in [0.15, 0.2) is 6.61 Å². The minimum Gasteiger partial charge on any atom is -0.484 e. The standard InChI is InChI=1S/C22H30N2O4S/c1-5-6-18(3)23-22(25)16-28-21-13-11-20(12-14-21)24(29(4,26)27)15-19-9-7-17(2)8-10-19/h7-14,18H,5-6,15-16H2,1-4H3,(H,23,25). The number of aryl methyl sites for hydroxylation is 1. The van der Waals surface area contributed by atoms with Crippen LogP contribution in [0.4, 0.5) is 5.69 Å². The van der Waals surface area contributed by atoms with Gasteiger partial charge in [-0.1, -0.05) is 43.2 Å². The highest BCUT2D eigenvalue weighted by Gasteiger charge is 2.18. The molecule has 0 fully saturated rings. The summed E-state index contributed by atoms with van der Waals surface area (Å²) < 4.78 is 31.5. The number of nitrogens with one attached hydrogen (secondary N) is 1. The van der Waals surface area contributed by atoms with Gasteiger partial charge in [0.2, 0.25) is 10.0 Å². The number of rotatable bonds is 10. The summed E-state index contributed by atoms with van der Waals surface area (Å²) in [4.78, 5) is 11.9. The third-order valence-corrected chi connectivity index (χ3v) is 5.61. The van der Waals surface area contributed by atoms with Gasteiger partial charge in [0.1, 0.15) is 5.75 Å². The lowest BCUT2D eigenvalue weighted by atomic mass is 10.1. The fraction of sp³-hybridized carbons (Fsp3) is 0.409. The lowest BCUT2D eigenvalue weighted by Gasteiger charge is -2.23. The van der Waals surface area contributed by atoms with Gasteiger partial charge < -0.3 is 10.1 Å². The molecule has 6 nitrogen and oxygen atoms in total. The summed E-state index contributed by atoms with van der Waals surface area (Å²) in [6.07, 6.45) is 3.11. The molecule has 1 amide bonds. The smallest absolute Gasteiger partial charge is 0.258 e. The van der Waals surface area contributed by atoms with Crippen molar-refractivity contribution >= 4 is 21.6 Å². The number of hydrogen-bond acceptors (Lipinski definition) is 4. The van der Waals surface area contributed by atoms with Crippen LogP contribution in [-0.4, -0.2) is 33.2 Å². The van der Waals surface area contributed by atoms with Crippen LogP contribution in [0.1, 0.15) is 37.8 Å². The Morgan fingerprint density at radius 1 is 1.10 bits per heavy atom. The zero-order valence-electron chi connectivity index (χ0n) is 17.5. The van der Waals surface area contributed by atoms with E-state index in [4.69, 9.17) is 4.74 Å². The van der Waals surface area contributed by atoms with Gasteiger partial charge in [-0.2, -0.15) is 0 Å². The number of sulfonamides is 1. The van der Waals surface area contributed by atoms with E-state index >= 15 is 0 Å². The summed E-state index contributed by atoms with van der Waals surface area (Å²) >= 11 is 0. The van der Waals surface area contributed by atoms with E-state index in [-0.39, 0.29) is 25.1 Å². The van der Waals surface area contributed by atoms with E-state index in [9.17, 15) is 13.2 Å². The van der Waals surface area contributed by atoms with E-state index in [1.807, 2.05) is 38.1 Å². The number of amides is 1. The van der Waals surface area contributed by atoms with Crippen LogP contribution in [0, 0.1) is 6.92 Å². The number of carbonyl (C=O) groups is 1. The van der Waals surface area contributed by atoms with Crippen LogP contribution < -0.4 is 14.4 Å². The average Bonchev–Trinajstić information content (AvgIpc) is 2.65. The van der Waals surface area contributed by atoms with E-state index in [0.717, 1.165) is 24.0 Å². The maximum atomic E-state index is 12.3. The second-order valence-electron chi connectivity index (χ2n) is 7.30. The summed E-state index contributed by atoms with van der Waals surface area (Å²) in [5.74, 6) is 0.336. The molecule has 1 unspecified atom stereocenters. The van der Waals surface area contributed by atoms with Gasteiger partial charge in [-0.05, 0) is 50.1 Å². The number of nitrogens with zero attached hydrogens (tertiary/aromatic N) is 1. The Hall–Kier alpha value is -2.54. The van der Waals surface area contributed by atoms with Crippen LogP contribution in [0.3, 0.4) is 0 Å². The molecule has 1 atom stereocenters. The molecular formula is C22H30N2O4S. The molecular weight excluding hydrogens is 388 g/mol. The van der Waals surface area contributed by atoms with Gasteiger partial charge in [0.05, 0.1) is 18.5 Å². The van der Waals surface area contributed by atoms with E-state index in [1.165, 1.54) is 10.6 Å². The highest BCUT2D eigenvalue weighted by atomic mass is 32.2. The van der Waals surface area contributed by atoms with Crippen LogP contribution in [-0.2, 0) is 21.4 Å². The highest BCUT2D eigenvalue weighted by Crippen LogP contribution is 2.24. The summed E-state index contributed by atoms with van der Waals surface area (Å²) in [5.41, 5.74) is 2.56. The minimum atomic E-state index is -3.46. The second-order valence-corrected chi connectivity index (χ2v) is 9.20. The van der Waals surface area contributed by atoms with E-state index < -0.39 is 10.0 Å². The van der Waals surface area contributed by atoms with E-state index in [1.54, 1.807) is 24.3 Å². The van der Waals surface area contributed by atoms with E-state index in [0.29, 0.717) is 11.4 Å². The summed E-state index contributed by atoms with van der Waals surface area (Å²) in [6.45, 7) is 6.19. The molecule has 2 aromatic rings. The lowest BCUT2D eigenvalue weighted by molar-refractivity contribution is -0.123. The van der Waals surface area contributed by atoms with Crippen LogP contribution in [0.15, 0.2) is 48.5 Å². The quantitative estimate of drug-likeness (QED) is 0.639. The third kappa shape index (κ3) is 7.42. The molecule has 0 spiro atoms.